The van der Waals surface area contributed by atoms with Crippen molar-refractivity contribution in [2.45, 2.75) is 25.0 Å². The molecule has 8 heavy (non-hydrogen) atoms. The fraction of sp³-hybridized carbons (Fsp3) is 1.00. The molecule has 2 rings (SSSR count). The van der Waals surface area contributed by atoms with E-state index in [0.29, 0.717) is 12.0 Å². The van der Waals surface area contributed by atoms with Gasteiger partial charge in [-0.1, -0.05) is 0 Å². The molecule has 1 N–H and O–H groups in total. The van der Waals surface area contributed by atoms with Gasteiger partial charge in [0.15, 0.2) is 0 Å². The molecule has 2 fully saturated rings. The molecule has 1 heterocycles. The monoisotopic (exact) mass is 114 g/mol. The van der Waals surface area contributed by atoms with Crippen LogP contribution in [0.2, 0.25) is 0 Å². The van der Waals surface area contributed by atoms with E-state index in [1.165, 1.54) is 0 Å². The van der Waals surface area contributed by atoms with Crippen molar-refractivity contribution in [3.05, 3.63) is 0 Å². The van der Waals surface area contributed by atoms with E-state index >= 15 is 0 Å². The summed E-state index contributed by atoms with van der Waals surface area (Å²) < 4.78 is 5.05. The molecule has 1 saturated heterocycles. The summed E-state index contributed by atoms with van der Waals surface area (Å²) in [5.41, 5.74) is 0. The summed E-state index contributed by atoms with van der Waals surface area (Å²) in [6, 6.07) is 0. The molecule has 0 aromatic heterocycles. The van der Waals surface area contributed by atoms with E-state index in [4.69, 9.17) is 9.84 Å². The molecule has 2 aliphatic rings. The number of hydrogen-bond donors (Lipinski definition) is 1. The molecule has 0 aromatic rings. The van der Waals surface area contributed by atoms with Crippen LogP contribution < -0.4 is 0 Å². The molecule has 1 aliphatic heterocycles. The van der Waals surface area contributed by atoms with Crippen molar-refractivity contribution in [2.24, 2.45) is 5.92 Å². The molecular weight excluding hydrogens is 104 g/mol. The zero-order valence-electron chi connectivity index (χ0n) is 4.71. The third kappa shape index (κ3) is 0.644. The average Bonchev–Trinajstić information content (AvgIpc) is 2.37. The summed E-state index contributed by atoms with van der Waals surface area (Å²) in [5.74, 6) is 0.699. The van der Waals surface area contributed by atoms with Crippen LogP contribution in [0.15, 0.2) is 0 Å². The lowest BCUT2D eigenvalue weighted by atomic mass is 9.80. The largest absolute Gasteiger partial charge is 0.393 e. The Morgan fingerprint density at radius 3 is 2.38 bits per heavy atom. The van der Waals surface area contributed by atoms with Gasteiger partial charge in [0.25, 0.3) is 0 Å². The van der Waals surface area contributed by atoms with E-state index in [-0.39, 0.29) is 6.10 Å². The number of aliphatic hydroxyl groups is 1. The van der Waals surface area contributed by atoms with Gasteiger partial charge in [-0.05, 0) is 18.8 Å². The highest BCUT2D eigenvalue weighted by molar-refractivity contribution is 4.89. The number of ether oxygens (including phenoxy) is 1. The molecule has 0 bridgehead atoms. The number of rotatable bonds is 1. The maximum atomic E-state index is 8.84. The van der Waals surface area contributed by atoms with Crippen molar-refractivity contribution in [2.75, 3.05) is 6.61 Å². The first-order chi connectivity index (χ1) is 3.86. The highest BCUT2D eigenvalue weighted by atomic mass is 16.6. The van der Waals surface area contributed by atoms with E-state index in [9.17, 15) is 0 Å². The van der Waals surface area contributed by atoms with E-state index < -0.39 is 0 Å². The minimum absolute atomic E-state index is 0.0100. The van der Waals surface area contributed by atoms with Crippen LogP contribution in [0.5, 0.6) is 0 Å². The van der Waals surface area contributed by atoms with Crippen LogP contribution >= 0.6 is 0 Å². The zero-order valence-corrected chi connectivity index (χ0v) is 4.71. The quantitative estimate of drug-likeness (QED) is 0.492. The number of epoxide rings is 1. The van der Waals surface area contributed by atoms with Crippen LogP contribution in [0, 0.1) is 5.92 Å². The van der Waals surface area contributed by atoms with Gasteiger partial charge in [-0.25, -0.2) is 0 Å². The third-order valence-electron chi connectivity index (χ3n) is 2.03. The van der Waals surface area contributed by atoms with Gasteiger partial charge in [-0.2, -0.15) is 0 Å². The van der Waals surface area contributed by atoms with E-state index in [0.717, 1.165) is 19.4 Å². The molecule has 0 spiro atoms. The predicted molar refractivity (Wildman–Crippen MR) is 28.5 cm³/mol. The van der Waals surface area contributed by atoms with Crippen molar-refractivity contribution in [3.63, 3.8) is 0 Å². The number of aliphatic hydroxyl groups excluding tert-OH is 1. The highest BCUT2D eigenvalue weighted by Crippen LogP contribution is 2.36. The van der Waals surface area contributed by atoms with Crippen LogP contribution in [0.3, 0.4) is 0 Å². The van der Waals surface area contributed by atoms with Crippen molar-refractivity contribution < 1.29 is 9.84 Å². The second-order valence-corrected chi connectivity index (χ2v) is 2.76. The summed E-state index contributed by atoms with van der Waals surface area (Å²) in [4.78, 5) is 0. The Hall–Kier alpha value is -0.0800. The topological polar surface area (TPSA) is 32.8 Å². The third-order valence-corrected chi connectivity index (χ3v) is 2.03. The van der Waals surface area contributed by atoms with Crippen molar-refractivity contribution >= 4 is 0 Å². The summed E-state index contributed by atoms with van der Waals surface area (Å²) in [6.45, 7) is 0.942. The molecule has 46 valence electrons. The molecule has 1 saturated carbocycles. The lowest BCUT2D eigenvalue weighted by Gasteiger charge is -2.29. The van der Waals surface area contributed by atoms with Crippen molar-refractivity contribution in [1.82, 2.24) is 0 Å². The summed E-state index contributed by atoms with van der Waals surface area (Å²) >= 11 is 0. The van der Waals surface area contributed by atoms with Crippen LogP contribution in [0.25, 0.3) is 0 Å². The summed E-state index contributed by atoms with van der Waals surface area (Å²) in [5, 5.41) is 8.84. The van der Waals surface area contributed by atoms with Gasteiger partial charge >= 0.3 is 0 Å². The zero-order chi connectivity index (χ0) is 5.56. The molecule has 1 unspecified atom stereocenters. The molecule has 1 atom stereocenters. The van der Waals surface area contributed by atoms with Crippen molar-refractivity contribution in [1.29, 1.82) is 0 Å². The van der Waals surface area contributed by atoms with Gasteiger partial charge < -0.3 is 9.84 Å². The normalized spacial score (nSPS) is 52.9. The minimum atomic E-state index is -0.0100. The first kappa shape index (κ1) is 4.77. The van der Waals surface area contributed by atoms with Gasteiger partial charge in [-0.15, -0.1) is 0 Å². The number of hydrogen-bond acceptors (Lipinski definition) is 2. The Morgan fingerprint density at radius 2 is 2.00 bits per heavy atom. The van der Waals surface area contributed by atoms with Crippen LogP contribution in [-0.2, 0) is 4.74 Å². The van der Waals surface area contributed by atoms with Gasteiger partial charge in [0, 0.05) is 0 Å². The molecule has 0 aromatic carbocycles. The average molecular weight is 114 g/mol. The van der Waals surface area contributed by atoms with Gasteiger partial charge in [0.1, 0.15) is 0 Å². The second kappa shape index (κ2) is 1.45. The Labute approximate surface area is 48.5 Å². The van der Waals surface area contributed by atoms with Crippen LogP contribution in [-0.4, -0.2) is 23.9 Å². The lowest BCUT2D eigenvalue weighted by Crippen LogP contribution is -2.31. The molecule has 0 amide bonds. The Balaban J connectivity index is 1.78. The maximum absolute atomic E-state index is 8.84. The summed E-state index contributed by atoms with van der Waals surface area (Å²) in [6.07, 6.45) is 2.47. The SMILES string of the molecule is OC1CC(C2CO2)C1. The van der Waals surface area contributed by atoms with Gasteiger partial charge in [0.05, 0.1) is 18.8 Å². The maximum Gasteiger partial charge on any atom is 0.0839 e. The minimum Gasteiger partial charge on any atom is -0.393 e. The fourth-order valence-corrected chi connectivity index (χ4v) is 1.26. The molecule has 1 aliphatic carbocycles. The molecule has 2 heteroatoms. The van der Waals surface area contributed by atoms with E-state index in [1.807, 2.05) is 0 Å². The lowest BCUT2D eigenvalue weighted by molar-refractivity contribution is 0.0297. The highest BCUT2D eigenvalue weighted by Gasteiger charge is 2.40. The Bertz CT molecular complexity index is 92.7. The molecular formula is C6H10O2. The fourth-order valence-electron chi connectivity index (χ4n) is 1.26. The van der Waals surface area contributed by atoms with Gasteiger partial charge in [0.2, 0.25) is 0 Å². The second-order valence-electron chi connectivity index (χ2n) is 2.76. The molecule has 2 nitrogen and oxygen atoms in total. The Kier molecular flexibility index (Phi) is 0.866. The first-order valence-corrected chi connectivity index (χ1v) is 3.16. The van der Waals surface area contributed by atoms with E-state index in [1.54, 1.807) is 0 Å². The Morgan fingerprint density at radius 1 is 1.38 bits per heavy atom. The standard InChI is InChI=1S/C6H10O2/c7-5-1-4(2-5)6-3-8-6/h4-7H,1-3H2. The van der Waals surface area contributed by atoms with Crippen LogP contribution in [0.1, 0.15) is 12.8 Å². The van der Waals surface area contributed by atoms with Crippen molar-refractivity contribution in [3.8, 4) is 0 Å². The predicted octanol–water partition coefficient (Wildman–Crippen LogP) is 0.156. The summed E-state index contributed by atoms with van der Waals surface area (Å²) in [7, 11) is 0. The smallest absolute Gasteiger partial charge is 0.0839 e. The molecule has 0 radical (unpaired) electrons. The van der Waals surface area contributed by atoms with Gasteiger partial charge in [-0.3, -0.25) is 0 Å². The van der Waals surface area contributed by atoms with Crippen LogP contribution in [0.4, 0.5) is 0 Å². The first-order valence-electron chi connectivity index (χ1n) is 3.16. The van der Waals surface area contributed by atoms with E-state index in [2.05, 4.69) is 0 Å².